The van der Waals surface area contributed by atoms with Gasteiger partial charge in [0.05, 0.1) is 0 Å². The number of hydrogen-bond donors (Lipinski definition) is 0. The summed E-state index contributed by atoms with van der Waals surface area (Å²) in [7, 11) is -2.92. The van der Waals surface area contributed by atoms with Gasteiger partial charge in [-0.1, -0.05) is 0 Å². The zero-order valence-corrected chi connectivity index (χ0v) is 8.84. The van der Waals surface area contributed by atoms with E-state index in [1.165, 1.54) is 0 Å². The van der Waals surface area contributed by atoms with E-state index in [0.717, 1.165) is 0 Å². The van der Waals surface area contributed by atoms with Crippen LogP contribution in [0.4, 0.5) is 0 Å². The van der Waals surface area contributed by atoms with Crippen LogP contribution in [0.25, 0.3) is 0 Å². The molecule has 0 fully saturated rings. The second kappa shape index (κ2) is 10.8. The first-order valence-corrected chi connectivity index (χ1v) is 0.707. The van der Waals surface area contributed by atoms with Crippen molar-refractivity contribution in [3.63, 3.8) is 0 Å². The SMILES string of the molecule is [Ca+2].[K+].[O-]B([O-])[O-]. The van der Waals surface area contributed by atoms with Crippen LogP contribution in [0.3, 0.4) is 0 Å². The topological polar surface area (TPSA) is 69.2 Å². The van der Waals surface area contributed by atoms with E-state index in [9.17, 15) is 0 Å². The molecule has 24 valence electrons. The zero-order valence-electron chi connectivity index (χ0n) is 3.51. The molecule has 0 radical (unpaired) electrons. The molecule has 0 saturated carbocycles. The summed E-state index contributed by atoms with van der Waals surface area (Å²) in [5.41, 5.74) is 0. The third kappa shape index (κ3) is 28.9. The minimum absolute atomic E-state index is 0. The molecule has 3 nitrogen and oxygen atoms in total. The Balaban J connectivity index is -0.0000000450. The van der Waals surface area contributed by atoms with E-state index >= 15 is 0 Å². The molecule has 6 heavy (non-hydrogen) atoms. The molecule has 0 saturated heterocycles. The first-order valence-electron chi connectivity index (χ1n) is 0.707. The molecular formula is BCaKO3. The maximum atomic E-state index is 8.42. The predicted octanol–water partition coefficient (Wildman–Crippen LogP) is -7.32. The smallest absolute Gasteiger partial charge is 0.907 e. The molecule has 0 aliphatic carbocycles. The van der Waals surface area contributed by atoms with E-state index in [4.69, 9.17) is 15.1 Å². The summed E-state index contributed by atoms with van der Waals surface area (Å²) in [5, 5.41) is 25.2. The van der Waals surface area contributed by atoms with Crippen LogP contribution < -0.4 is 66.5 Å². The Hall–Kier alpha value is 2.84. The van der Waals surface area contributed by atoms with Gasteiger partial charge in [0.2, 0.25) is 0 Å². The van der Waals surface area contributed by atoms with Gasteiger partial charge in [-0.3, -0.25) is 7.32 Å². The monoisotopic (exact) mass is 138 g/mol. The molecule has 0 N–H and O–H groups in total. The molecule has 0 amide bonds. The number of rotatable bonds is 0. The van der Waals surface area contributed by atoms with Crippen LogP contribution in [-0.4, -0.2) is 45.1 Å². The molecule has 6 heteroatoms. The maximum absolute atomic E-state index is 8.42. The van der Waals surface area contributed by atoms with Crippen molar-refractivity contribution in [1.29, 1.82) is 0 Å². The Morgan fingerprint density at radius 3 is 1.00 bits per heavy atom. The van der Waals surface area contributed by atoms with Gasteiger partial charge in [-0.05, 0) is 0 Å². The first-order chi connectivity index (χ1) is 1.73. The van der Waals surface area contributed by atoms with Crippen molar-refractivity contribution in [2.45, 2.75) is 0 Å². The molecule has 0 aromatic heterocycles. The fraction of sp³-hybridized carbons (Fsp3) is 0. The molecule has 0 bridgehead atoms. The van der Waals surface area contributed by atoms with Gasteiger partial charge in [0.1, 0.15) is 0 Å². The van der Waals surface area contributed by atoms with E-state index in [2.05, 4.69) is 0 Å². The second-order valence-corrected chi connectivity index (χ2v) is 0.289. The van der Waals surface area contributed by atoms with E-state index < -0.39 is 7.32 Å². The minimum Gasteiger partial charge on any atom is -0.907 e. The van der Waals surface area contributed by atoms with Gasteiger partial charge in [0, 0.05) is 0 Å². The van der Waals surface area contributed by atoms with Gasteiger partial charge < -0.3 is 15.1 Å². The third-order valence-corrected chi connectivity index (χ3v) is 0. The fourth-order valence-electron chi connectivity index (χ4n) is 0. The van der Waals surface area contributed by atoms with Crippen LogP contribution >= 0.6 is 0 Å². The Morgan fingerprint density at radius 2 is 1.00 bits per heavy atom. The summed E-state index contributed by atoms with van der Waals surface area (Å²) in [6, 6.07) is 0. The van der Waals surface area contributed by atoms with Crippen LogP contribution in [0.15, 0.2) is 0 Å². The van der Waals surface area contributed by atoms with Gasteiger partial charge in [-0.15, -0.1) is 0 Å². The standard InChI is InChI=1S/BO3.Ca.K/c2-1(3)4;;/q-3;+2;+1. The summed E-state index contributed by atoms with van der Waals surface area (Å²) >= 11 is 0. The van der Waals surface area contributed by atoms with Crippen molar-refractivity contribution >= 4 is 45.1 Å². The van der Waals surface area contributed by atoms with Gasteiger partial charge in [0.15, 0.2) is 0 Å². The summed E-state index contributed by atoms with van der Waals surface area (Å²) in [5.74, 6) is 0. The van der Waals surface area contributed by atoms with Crippen molar-refractivity contribution in [1.82, 2.24) is 0 Å². The molecule has 0 aromatic rings. The van der Waals surface area contributed by atoms with Crippen molar-refractivity contribution in [3.8, 4) is 0 Å². The quantitative estimate of drug-likeness (QED) is 0.312. The molecule has 0 aliphatic heterocycles. The molecule has 0 heterocycles. The maximum Gasteiger partial charge on any atom is 2.00 e. The van der Waals surface area contributed by atoms with Crippen LogP contribution in [0, 0.1) is 0 Å². The Bertz CT molecular complexity index is 15.5. The summed E-state index contributed by atoms with van der Waals surface area (Å²) in [4.78, 5) is 0. The van der Waals surface area contributed by atoms with Crippen molar-refractivity contribution in [2.24, 2.45) is 0 Å². The zero-order chi connectivity index (χ0) is 3.58. The third-order valence-electron chi connectivity index (χ3n) is 0. The molecule has 0 rings (SSSR count). The molecule has 0 aromatic carbocycles. The van der Waals surface area contributed by atoms with Crippen LogP contribution in [0.1, 0.15) is 0 Å². The Labute approximate surface area is 109 Å². The molecule has 0 aliphatic rings. The van der Waals surface area contributed by atoms with Crippen molar-refractivity contribution in [3.05, 3.63) is 0 Å². The van der Waals surface area contributed by atoms with E-state index in [0.29, 0.717) is 0 Å². The van der Waals surface area contributed by atoms with E-state index in [1.807, 2.05) is 0 Å². The van der Waals surface area contributed by atoms with E-state index in [1.54, 1.807) is 0 Å². The van der Waals surface area contributed by atoms with Crippen LogP contribution in [0.5, 0.6) is 0 Å². The molecule has 0 spiro atoms. The van der Waals surface area contributed by atoms with Gasteiger partial charge in [-0.25, -0.2) is 0 Å². The molecular weight excluding hydrogens is 138 g/mol. The summed E-state index contributed by atoms with van der Waals surface area (Å²) in [6.07, 6.45) is 0. The van der Waals surface area contributed by atoms with Crippen LogP contribution in [0.2, 0.25) is 0 Å². The van der Waals surface area contributed by atoms with E-state index in [-0.39, 0.29) is 89.1 Å². The average molecular weight is 138 g/mol. The Morgan fingerprint density at radius 1 is 1.00 bits per heavy atom. The van der Waals surface area contributed by atoms with Crippen LogP contribution in [-0.2, 0) is 0 Å². The van der Waals surface area contributed by atoms with Gasteiger partial charge in [0.25, 0.3) is 0 Å². The average Bonchev–Trinajstić information content (AvgIpc) is 0.811. The summed E-state index contributed by atoms with van der Waals surface area (Å²) in [6.45, 7) is 0. The first kappa shape index (κ1) is 15.9. The van der Waals surface area contributed by atoms with Gasteiger partial charge >= 0.3 is 89.1 Å². The van der Waals surface area contributed by atoms with Gasteiger partial charge in [-0.2, -0.15) is 0 Å². The largest absolute Gasteiger partial charge is 2.00 e. The summed E-state index contributed by atoms with van der Waals surface area (Å²) < 4.78 is 0. The predicted molar refractivity (Wildman–Crippen MR) is 11.5 cm³/mol. The van der Waals surface area contributed by atoms with Crippen molar-refractivity contribution < 1.29 is 66.5 Å². The Kier molecular flexibility index (Phi) is 28.6. The number of hydrogen-bond acceptors (Lipinski definition) is 3. The minimum atomic E-state index is -2.92. The fourth-order valence-corrected chi connectivity index (χ4v) is 0. The molecule has 0 atom stereocenters. The van der Waals surface area contributed by atoms with Crippen molar-refractivity contribution in [2.75, 3.05) is 0 Å². The normalized spacial score (nSPS) is 4.50. The second-order valence-electron chi connectivity index (χ2n) is 0.289. The molecule has 0 unspecified atom stereocenters.